The first-order valence-electron chi connectivity index (χ1n) is 2.32. The van der Waals surface area contributed by atoms with Crippen molar-refractivity contribution in [3.8, 4) is 5.75 Å². The summed E-state index contributed by atoms with van der Waals surface area (Å²) in [7, 11) is 0. The Morgan fingerprint density at radius 1 is 1.22 bits per heavy atom. The molecule has 1 aromatic rings. The molecule has 0 saturated carbocycles. The quantitative estimate of drug-likeness (QED) is 0.511. The molecule has 0 aromatic heterocycles. The highest BCUT2D eigenvalue weighted by Crippen LogP contribution is 2.15. The molecule has 0 saturated heterocycles. The largest absolute Gasteiger partial charge is 0.287 e. The summed E-state index contributed by atoms with van der Waals surface area (Å²) in [6.07, 6.45) is 0. The number of halogens is 2. The molecule has 9 heavy (non-hydrogen) atoms. The van der Waals surface area contributed by atoms with Crippen LogP contribution < -0.4 is 0 Å². The Morgan fingerprint density at radius 2 is 1.89 bits per heavy atom. The maximum atomic E-state index is 12.0. The Bertz CT molecular complexity index is 222. The van der Waals surface area contributed by atoms with E-state index in [1.807, 2.05) is 0 Å². The third-order valence-electron chi connectivity index (χ3n) is 0.894. The Labute approximate surface area is 50.6 Å². The molecule has 0 N–H and O–H groups in total. The third-order valence-corrected chi connectivity index (χ3v) is 0.894. The zero-order valence-electron chi connectivity index (χ0n) is 4.40. The highest BCUT2D eigenvalue weighted by Gasteiger charge is 2.00. The predicted octanol–water partition coefficient (Wildman–Crippen LogP) is 2.11. The van der Waals surface area contributed by atoms with Crippen LogP contribution in [0.3, 0.4) is 0 Å². The second kappa shape index (κ2) is 2.01. The van der Waals surface area contributed by atoms with Crippen molar-refractivity contribution < 1.29 is 13.9 Å². The van der Waals surface area contributed by atoms with Crippen molar-refractivity contribution in [2.45, 2.75) is 0 Å². The second-order valence-corrected chi connectivity index (χ2v) is 1.57. The normalized spacial score (nSPS) is 9.56. The lowest BCUT2D eigenvalue weighted by molar-refractivity contribution is 0.328. The lowest BCUT2D eigenvalue weighted by atomic mass is 10.3. The van der Waals surface area contributed by atoms with Gasteiger partial charge in [-0.2, -0.15) is 0 Å². The van der Waals surface area contributed by atoms with E-state index in [0.29, 0.717) is 6.07 Å². The van der Waals surface area contributed by atoms with Crippen LogP contribution in [0.1, 0.15) is 0 Å². The molecule has 0 unspecified atom stereocenters. The molecule has 0 aliphatic carbocycles. The van der Waals surface area contributed by atoms with E-state index >= 15 is 0 Å². The van der Waals surface area contributed by atoms with Crippen molar-refractivity contribution in [2.75, 3.05) is 0 Å². The Balaban J connectivity index is 3.17. The molecule has 0 heterocycles. The van der Waals surface area contributed by atoms with Crippen molar-refractivity contribution in [1.29, 1.82) is 0 Å². The minimum absolute atomic E-state index is 0.558. The molecule has 47 valence electrons. The van der Waals surface area contributed by atoms with Crippen molar-refractivity contribution in [3.05, 3.63) is 29.8 Å². The van der Waals surface area contributed by atoms with Gasteiger partial charge in [0.1, 0.15) is 5.82 Å². The number of hydrogen-bond acceptors (Lipinski definition) is 0. The van der Waals surface area contributed by atoms with Gasteiger partial charge in [0.25, 0.3) is 0 Å². The third kappa shape index (κ3) is 1.16. The maximum Gasteiger partial charge on any atom is 0.214 e. The van der Waals surface area contributed by atoms with E-state index in [0.717, 1.165) is 12.1 Å². The van der Waals surface area contributed by atoms with Gasteiger partial charge in [-0.25, -0.2) is 8.78 Å². The van der Waals surface area contributed by atoms with E-state index in [9.17, 15) is 13.9 Å². The monoisotopic (exact) mass is 129 g/mol. The van der Waals surface area contributed by atoms with Gasteiger partial charge in [0.15, 0.2) is 5.82 Å². The molecule has 1 radical (unpaired) electrons. The molecule has 0 fully saturated rings. The molecule has 3 heteroatoms. The van der Waals surface area contributed by atoms with E-state index in [2.05, 4.69) is 0 Å². The molecular formula is C6H3F2O. The topological polar surface area (TPSA) is 19.9 Å². The van der Waals surface area contributed by atoms with Crippen molar-refractivity contribution >= 4 is 0 Å². The van der Waals surface area contributed by atoms with Crippen LogP contribution in [0.15, 0.2) is 18.2 Å². The van der Waals surface area contributed by atoms with Crippen LogP contribution in [0.5, 0.6) is 5.75 Å². The summed E-state index contributed by atoms with van der Waals surface area (Å²) in [4.78, 5) is 0. The van der Waals surface area contributed by atoms with Gasteiger partial charge in [-0.1, -0.05) is 0 Å². The van der Waals surface area contributed by atoms with Crippen LogP contribution in [0, 0.1) is 11.6 Å². The average molecular weight is 129 g/mol. The Morgan fingerprint density at radius 3 is 2.33 bits per heavy atom. The molecule has 0 aliphatic rings. The summed E-state index contributed by atoms with van der Waals surface area (Å²) < 4.78 is 24.0. The van der Waals surface area contributed by atoms with Crippen molar-refractivity contribution in [3.63, 3.8) is 0 Å². The van der Waals surface area contributed by atoms with E-state index in [-0.39, 0.29) is 0 Å². The van der Waals surface area contributed by atoms with Gasteiger partial charge >= 0.3 is 0 Å². The number of hydrogen-bond donors (Lipinski definition) is 0. The van der Waals surface area contributed by atoms with Gasteiger partial charge in [0.05, 0.1) is 0 Å². The number of benzene rings is 1. The minimum Gasteiger partial charge on any atom is -0.287 e. The van der Waals surface area contributed by atoms with Gasteiger partial charge in [0, 0.05) is 6.07 Å². The van der Waals surface area contributed by atoms with Crippen LogP contribution in [0.25, 0.3) is 0 Å². The van der Waals surface area contributed by atoms with E-state index in [4.69, 9.17) is 0 Å². The first kappa shape index (κ1) is 6.01. The van der Waals surface area contributed by atoms with E-state index in [1.165, 1.54) is 0 Å². The van der Waals surface area contributed by atoms with E-state index in [1.54, 1.807) is 0 Å². The van der Waals surface area contributed by atoms with Crippen LogP contribution >= 0.6 is 0 Å². The Hall–Kier alpha value is -1.12. The van der Waals surface area contributed by atoms with Crippen LogP contribution in [0.4, 0.5) is 8.78 Å². The van der Waals surface area contributed by atoms with Gasteiger partial charge in [0.2, 0.25) is 5.75 Å². The summed E-state index contributed by atoms with van der Waals surface area (Å²) in [6.45, 7) is 0. The van der Waals surface area contributed by atoms with Crippen LogP contribution in [-0.4, -0.2) is 0 Å². The lowest BCUT2D eigenvalue weighted by Gasteiger charge is -1.88. The zero-order chi connectivity index (χ0) is 6.85. The molecule has 1 rings (SSSR count). The molecule has 1 aromatic carbocycles. The van der Waals surface area contributed by atoms with Crippen LogP contribution in [0.2, 0.25) is 0 Å². The van der Waals surface area contributed by atoms with Gasteiger partial charge in [-0.15, -0.1) is 0 Å². The summed E-state index contributed by atoms with van der Waals surface area (Å²) in [6, 6.07) is 2.33. The smallest absolute Gasteiger partial charge is 0.214 e. The van der Waals surface area contributed by atoms with Gasteiger partial charge in [-0.05, 0) is 12.1 Å². The minimum atomic E-state index is -1.05. The van der Waals surface area contributed by atoms with Gasteiger partial charge < -0.3 is 0 Å². The van der Waals surface area contributed by atoms with Gasteiger partial charge in [-0.3, -0.25) is 5.11 Å². The molecule has 0 bridgehead atoms. The fourth-order valence-electron chi connectivity index (χ4n) is 0.475. The zero-order valence-corrected chi connectivity index (χ0v) is 4.40. The molecule has 1 nitrogen and oxygen atoms in total. The van der Waals surface area contributed by atoms with Crippen LogP contribution in [-0.2, 0) is 5.11 Å². The highest BCUT2D eigenvalue weighted by atomic mass is 19.1. The molecular weight excluding hydrogens is 126 g/mol. The maximum absolute atomic E-state index is 12.0. The van der Waals surface area contributed by atoms with Crippen molar-refractivity contribution in [1.82, 2.24) is 0 Å². The summed E-state index contributed by atoms with van der Waals surface area (Å²) in [5.41, 5.74) is 0. The number of rotatable bonds is 0. The first-order valence-corrected chi connectivity index (χ1v) is 2.32. The summed E-state index contributed by atoms with van der Waals surface area (Å²) >= 11 is 0. The highest BCUT2D eigenvalue weighted by molar-refractivity contribution is 5.22. The standard InChI is InChI=1S/C6H3F2O/c7-4-1-2-6(9)5(8)3-4/h1-3H. The predicted molar refractivity (Wildman–Crippen MR) is 26.5 cm³/mol. The molecule has 0 atom stereocenters. The second-order valence-electron chi connectivity index (χ2n) is 1.57. The van der Waals surface area contributed by atoms with E-state index < -0.39 is 17.4 Å². The SMILES string of the molecule is [O]c1ccc(F)cc1F. The Kier molecular flexibility index (Phi) is 1.34. The molecule has 0 aliphatic heterocycles. The summed E-state index contributed by atoms with van der Waals surface area (Å²) in [5.74, 6) is -2.56. The fourth-order valence-corrected chi connectivity index (χ4v) is 0.475. The summed E-state index contributed by atoms with van der Waals surface area (Å²) in [5, 5.41) is 10.2. The first-order chi connectivity index (χ1) is 4.20. The van der Waals surface area contributed by atoms with Crippen molar-refractivity contribution in [2.24, 2.45) is 0 Å². The molecule has 0 amide bonds. The average Bonchev–Trinajstić information content (AvgIpc) is 1.80. The molecule has 0 spiro atoms. The lowest BCUT2D eigenvalue weighted by Crippen LogP contribution is -1.76. The fraction of sp³-hybridized carbons (Fsp3) is 0.